The number of likely N-dealkylation sites (N-methyl/N-ethyl adjacent to an activating group) is 1. The Morgan fingerprint density at radius 2 is 2.23 bits per heavy atom. The Balaban J connectivity index is 1.78. The molecule has 2 fully saturated rings. The van der Waals surface area contributed by atoms with Gasteiger partial charge in [0, 0.05) is 47.9 Å². The van der Waals surface area contributed by atoms with Crippen LogP contribution in [0.15, 0.2) is 27.8 Å². The molecular weight excluding hydrogens is 368 g/mol. The number of sulfonamides is 1. The van der Waals surface area contributed by atoms with Crippen LogP contribution in [0.3, 0.4) is 0 Å². The third kappa shape index (κ3) is 2.12. The molecule has 8 heteroatoms. The number of rotatable bonds is 2. The second kappa shape index (κ2) is 5.02. The first-order valence-electron chi connectivity index (χ1n) is 7.30. The summed E-state index contributed by atoms with van der Waals surface area (Å²) >= 11 is 3.36. The molecule has 2 aliphatic rings. The van der Waals surface area contributed by atoms with Crippen molar-refractivity contribution in [3.05, 3.63) is 22.9 Å². The van der Waals surface area contributed by atoms with Gasteiger partial charge in [-0.25, -0.2) is 13.4 Å². The molecule has 118 valence electrons. The average Bonchev–Trinajstić information content (AvgIpc) is 3.10. The summed E-state index contributed by atoms with van der Waals surface area (Å²) in [6, 6.07) is 1.90. The van der Waals surface area contributed by atoms with Crippen LogP contribution in [0.4, 0.5) is 0 Å². The molecule has 4 heterocycles. The molecule has 0 spiro atoms. The summed E-state index contributed by atoms with van der Waals surface area (Å²) in [4.78, 5) is 9.73. The fourth-order valence-electron chi connectivity index (χ4n) is 3.73. The Hall–Kier alpha value is -0.960. The van der Waals surface area contributed by atoms with E-state index in [9.17, 15) is 8.42 Å². The van der Waals surface area contributed by atoms with Gasteiger partial charge in [0.05, 0.1) is 0 Å². The maximum absolute atomic E-state index is 13.1. The highest BCUT2D eigenvalue weighted by Gasteiger charge is 2.46. The Kier molecular flexibility index (Phi) is 3.34. The minimum atomic E-state index is -3.50. The number of nitrogens with one attached hydrogen (secondary N) is 1. The van der Waals surface area contributed by atoms with Gasteiger partial charge in [-0.15, -0.1) is 0 Å². The monoisotopic (exact) mass is 384 g/mol. The van der Waals surface area contributed by atoms with Gasteiger partial charge in [-0.2, -0.15) is 4.31 Å². The average molecular weight is 385 g/mol. The summed E-state index contributed by atoms with van der Waals surface area (Å²) < 4.78 is 28.7. The highest BCUT2D eigenvalue weighted by atomic mass is 79.9. The summed E-state index contributed by atoms with van der Waals surface area (Å²) in [6.07, 6.45) is 4.16. The summed E-state index contributed by atoms with van der Waals surface area (Å²) in [7, 11) is -1.45. The molecule has 0 bridgehead atoms. The van der Waals surface area contributed by atoms with Crippen LogP contribution in [0.25, 0.3) is 11.0 Å². The molecule has 0 aliphatic carbocycles. The first-order chi connectivity index (χ1) is 10.5. The zero-order valence-corrected chi connectivity index (χ0v) is 14.6. The third-order valence-electron chi connectivity index (χ3n) is 4.73. The minimum Gasteiger partial charge on any atom is -0.345 e. The maximum atomic E-state index is 13.1. The van der Waals surface area contributed by atoms with Crippen LogP contribution >= 0.6 is 15.9 Å². The van der Waals surface area contributed by atoms with E-state index in [0.717, 1.165) is 24.0 Å². The van der Waals surface area contributed by atoms with Crippen molar-refractivity contribution in [3.8, 4) is 0 Å². The van der Waals surface area contributed by atoms with Gasteiger partial charge in [0.1, 0.15) is 10.5 Å². The molecule has 22 heavy (non-hydrogen) atoms. The van der Waals surface area contributed by atoms with E-state index >= 15 is 0 Å². The Labute approximate surface area is 137 Å². The number of likely N-dealkylation sites (tertiary alicyclic amines) is 1. The van der Waals surface area contributed by atoms with Gasteiger partial charge in [-0.1, -0.05) is 0 Å². The molecule has 2 saturated heterocycles. The highest BCUT2D eigenvalue weighted by molar-refractivity contribution is 9.10. The van der Waals surface area contributed by atoms with Crippen molar-refractivity contribution in [1.82, 2.24) is 19.2 Å². The van der Waals surface area contributed by atoms with E-state index in [-0.39, 0.29) is 6.04 Å². The Morgan fingerprint density at radius 1 is 1.41 bits per heavy atom. The molecule has 0 amide bonds. The number of hydrogen-bond donors (Lipinski definition) is 1. The van der Waals surface area contributed by atoms with Crippen molar-refractivity contribution in [2.45, 2.75) is 17.4 Å². The van der Waals surface area contributed by atoms with E-state index in [2.05, 4.69) is 37.8 Å². The van der Waals surface area contributed by atoms with E-state index in [1.807, 2.05) is 0 Å². The number of hydrogen-bond acceptors (Lipinski definition) is 4. The molecule has 4 rings (SSSR count). The van der Waals surface area contributed by atoms with Crippen molar-refractivity contribution < 1.29 is 8.42 Å². The number of fused-ring (bicyclic) bond motifs is 2. The van der Waals surface area contributed by atoms with Crippen LogP contribution in [0, 0.1) is 5.92 Å². The predicted octanol–water partition coefficient (Wildman–Crippen LogP) is 1.65. The summed E-state index contributed by atoms with van der Waals surface area (Å²) in [5.41, 5.74) is 0.598. The lowest BCUT2D eigenvalue weighted by Crippen LogP contribution is -2.39. The van der Waals surface area contributed by atoms with Crippen LogP contribution in [-0.4, -0.2) is 60.3 Å². The van der Waals surface area contributed by atoms with Crippen molar-refractivity contribution in [1.29, 1.82) is 0 Å². The van der Waals surface area contributed by atoms with Crippen LogP contribution in [0.1, 0.15) is 6.42 Å². The van der Waals surface area contributed by atoms with E-state index < -0.39 is 10.0 Å². The van der Waals surface area contributed by atoms with Gasteiger partial charge in [-0.3, -0.25) is 0 Å². The van der Waals surface area contributed by atoms with Gasteiger partial charge in [-0.05, 0) is 41.4 Å². The molecule has 0 saturated carbocycles. The number of aromatic nitrogens is 2. The lowest BCUT2D eigenvalue weighted by molar-refractivity contribution is 0.337. The molecule has 2 aromatic rings. The molecule has 2 aromatic heterocycles. The molecule has 2 aliphatic heterocycles. The van der Waals surface area contributed by atoms with Gasteiger partial charge >= 0.3 is 0 Å². The maximum Gasteiger partial charge on any atom is 0.245 e. The van der Waals surface area contributed by atoms with E-state index in [1.165, 1.54) is 0 Å². The normalized spacial score (nSPS) is 26.8. The zero-order valence-electron chi connectivity index (χ0n) is 12.2. The fraction of sp³-hybridized carbons (Fsp3) is 0.500. The lowest BCUT2D eigenvalue weighted by atomic mass is 10.1. The van der Waals surface area contributed by atoms with Crippen molar-refractivity contribution >= 4 is 37.0 Å². The minimum absolute atomic E-state index is 0.0973. The summed E-state index contributed by atoms with van der Waals surface area (Å²) in [5, 5.41) is 0.643. The topological polar surface area (TPSA) is 69.3 Å². The van der Waals surface area contributed by atoms with E-state index in [0.29, 0.717) is 28.4 Å². The Morgan fingerprint density at radius 3 is 3.05 bits per heavy atom. The third-order valence-corrected chi connectivity index (χ3v) is 7.12. The van der Waals surface area contributed by atoms with Crippen molar-refractivity contribution in [2.75, 3.05) is 26.7 Å². The molecule has 2 unspecified atom stereocenters. The molecule has 0 radical (unpaired) electrons. The molecule has 0 aromatic carbocycles. The largest absolute Gasteiger partial charge is 0.345 e. The van der Waals surface area contributed by atoms with Gasteiger partial charge in [0.25, 0.3) is 0 Å². The number of pyridine rings is 1. The molecule has 6 nitrogen and oxygen atoms in total. The quantitative estimate of drug-likeness (QED) is 0.854. The summed E-state index contributed by atoms with van der Waals surface area (Å²) in [5.74, 6) is 0.454. The smallest absolute Gasteiger partial charge is 0.245 e. The van der Waals surface area contributed by atoms with Crippen LogP contribution < -0.4 is 0 Å². The first-order valence-corrected chi connectivity index (χ1v) is 9.53. The van der Waals surface area contributed by atoms with E-state index in [4.69, 9.17) is 0 Å². The SMILES string of the molecule is CN1CC2CCN(S(=O)(=O)c3c[nH]c4ncc(Br)cc34)C2C1. The first kappa shape index (κ1) is 14.6. The van der Waals surface area contributed by atoms with Crippen molar-refractivity contribution in [2.24, 2.45) is 5.92 Å². The fourth-order valence-corrected chi connectivity index (χ4v) is 5.89. The molecule has 1 N–H and O–H groups in total. The van der Waals surface area contributed by atoms with Gasteiger partial charge in [0.15, 0.2) is 0 Å². The summed E-state index contributed by atoms with van der Waals surface area (Å²) in [6.45, 7) is 2.41. The van der Waals surface area contributed by atoms with E-state index in [1.54, 1.807) is 22.8 Å². The second-order valence-electron chi connectivity index (χ2n) is 6.16. The second-order valence-corrected chi connectivity index (χ2v) is 8.93. The number of nitrogens with zero attached hydrogens (tertiary/aromatic N) is 3. The van der Waals surface area contributed by atoms with Crippen molar-refractivity contribution in [3.63, 3.8) is 0 Å². The molecular formula is C14H17BrN4O2S. The highest BCUT2D eigenvalue weighted by Crippen LogP contribution is 2.36. The van der Waals surface area contributed by atoms with Crippen LogP contribution in [0.5, 0.6) is 0 Å². The van der Waals surface area contributed by atoms with Gasteiger partial charge in [0.2, 0.25) is 10.0 Å². The number of H-pyrrole nitrogens is 1. The number of halogens is 1. The van der Waals surface area contributed by atoms with Crippen LogP contribution in [0.2, 0.25) is 0 Å². The van der Waals surface area contributed by atoms with Gasteiger partial charge < -0.3 is 9.88 Å². The number of aromatic amines is 1. The predicted molar refractivity (Wildman–Crippen MR) is 87.1 cm³/mol. The molecule has 2 atom stereocenters. The Bertz CT molecular complexity index is 834. The lowest BCUT2D eigenvalue weighted by Gasteiger charge is -2.23. The zero-order chi connectivity index (χ0) is 15.5. The standard InChI is InChI=1S/C14H17BrN4O2S/c1-18-7-9-2-3-19(12(9)8-18)22(20,21)13-6-17-14-11(13)4-10(15)5-16-14/h4-6,9,12H,2-3,7-8H2,1H3,(H,16,17). The van der Waals surface area contributed by atoms with Crippen LogP contribution in [-0.2, 0) is 10.0 Å².